The number of hydrogen-bond acceptors (Lipinski definition) is 4. The van der Waals surface area contributed by atoms with E-state index in [9.17, 15) is 0 Å². The standard InChI is InChI=1S/C11H22N2O2.ClH/c12-7-11-9-13(3-6-15-11)8-10-1-4-14-5-2-10;/h10-11H,1-9,12H2;1H. The maximum Gasteiger partial charge on any atom is 0.0824 e. The smallest absolute Gasteiger partial charge is 0.0824 e. The van der Waals surface area contributed by atoms with Crippen LogP contribution in [0.1, 0.15) is 12.8 Å². The van der Waals surface area contributed by atoms with Crippen LogP contribution in [0.2, 0.25) is 0 Å². The molecular weight excluding hydrogens is 228 g/mol. The van der Waals surface area contributed by atoms with E-state index < -0.39 is 0 Å². The van der Waals surface area contributed by atoms with Crippen molar-refractivity contribution in [2.24, 2.45) is 11.7 Å². The molecule has 2 fully saturated rings. The third kappa shape index (κ3) is 4.18. The first-order valence-electron chi connectivity index (χ1n) is 6.00. The minimum atomic E-state index is 0. The molecule has 0 aromatic rings. The highest BCUT2D eigenvalue weighted by Crippen LogP contribution is 2.17. The fourth-order valence-electron chi connectivity index (χ4n) is 2.38. The number of halogens is 1. The summed E-state index contributed by atoms with van der Waals surface area (Å²) in [5.41, 5.74) is 5.63. The average molecular weight is 251 g/mol. The third-order valence-electron chi connectivity index (χ3n) is 3.34. The van der Waals surface area contributed by atoms with E-state index in [-0.39, 0.29) is 18.5 Å². The zero-order valence-corrected chi connectivity index (χ0v) is 10.6. The Balaban J connectivity index is 0.00000128. The minimum Gasteiger partial charge on any atom is -0.381 e. The van der Waals surface area contributed by atoms with E-state index in [1.54, 1.807) is 0 Å². The van der Waals surface area contributed by atoms with E-state index in [2.05, 4.69) is 4.90 Å². The Hall–Kier alpha value is 0.130. The van der Waals surface area contributed by atoms with E-state index in [0.29, 0.717) is 6.54 Å². The van der Waals surface area contributed by atoms with Crippen LogP contribution >= 0.6 is 12.4 Å². The van der Waals surface area contributed by atoms with E-state index in [1.165, 1.54) is 19.4 Å². The van der Waals surface area contributed by atoms with E-state index >= 15 is 0 Å². The largest absolute Gasteiger partial charge is 0.381 e. The molecule has 0 bridgehead atoms. The lowest BCUT2D eigenvalue weighted by molar-refractivity contribution is -0.0350. The normalized spacial score (nSPS) is 28.7. The number of ether oxygens (including phenoxy) is 2. The number of nitrogens with two attached hydrogens (primary N) is 1. The number of nitrogens with zero attached hydrogens (tertiary/aromatic N) is 1. The second-order valence-electron chi connectivity index (χ2n) is 4.54. The van der Waals surface area contributed by atoms with Crippen molar-refractivity contribution < 1.29 is 9.47 Å². The van der Waals surface area contributed by atoms with Gasteiger partial charge < -0.3 is 15.2 Å². The summed E-state index contributed by atoms with van der Waals surface area (Å²) in [5, 5.41) is 0. The monoisotopic (exact) mass is 250 g/mol. The van der Waals surface area contributed by atoms with Gasteiger partial charge in [0.05, 0.1) is 12.7 Å². The highest BCUT2D eigenvalue weighted by atomic mass is 35.5. The molecule has 0 radical (unpaired) electrons. The van der Waals surface area contributed by atoms with E-state index in [1.807, 2.05) is 0 Å². The molecule has 0 aliphatic carbocycles. The molecule has 96 valence electrons. The second-order valence-corrected chi connectivity index (χ2v) is 4.54. The quantitative estimate of drug-likeness (QED) is 0.792. The minimum absolute atomic E-state index is 0. The van der Waals surface area contributed by atoms with Crippen molar-refractivity contribution in [2.45, 2.75) is 18.9 Å². The van der Waals surface area contributed by atoms with Gasteiger partial charge in [0.1, 0.15) is 0 Å². The van der Waals surface area contributed by atoms with Crippen molar-refractivity contribution in [1.82, 2.24) is 4.90 Å². The maximum absolute atomic E-state index is 5.63. The van der Waals surface area contributed by atoms with Gasteiger partial charge in [-0.15, -0.1) is 12.4 Å². The summed E-state index contributed by atoms with van der Waals surface area (Å²) >= 11 is 0. The SMILES string of the molecule is Cl.NCC1CN(CC2CCOCC2)CCO1. The van der Waals surface area contributed by atoms with Gasteiger partial charge in [0.2, 0.25) is 0 Å². The molecule has 16 heavy (non-hydrogen) atoms. The summed E-state index contributed by atoms with van der Waals surface area (Å²) in [6.07, 6.45) is 2.67. The van der Waals surface area contributed by atoms with Crippen LogP contribution in [0.15, 0.2) is 0 Å². The fraction of sp³-hybridized carbons (Fsp3) is 1.00. The van der Waals surface area contributed by atoms with Gasteiger partial charge >= 0.3 is 0 Å². The molecule has 5 heteroatoms. The van der Waals surface area contributed by atoms with Crippen LogP contribution < -0.4 is 5.73 Å². The first-order valence-corrected chi connectivity index (χ1v) is 6.00. The highest BCUT2D eigenvalue weighted by molar-refractivity contribution is 5.85. The Morgan fingerprint density at radius 1 is 1.19 bits per heavy atom. The molecule has 2 saturated heterocycles. The van der Waals surface area contributed by atoms with Gasteiger partial charge in [-0.2, -0.15) is 0 Å². The van der Waals surface area contributed by atoms with Crippen molar-refractivity contribution in [1.29, 1.82) is 0 Å². The molecule has 2 heterocycles. The van der Waals surface area contributed by atoms with Crippen LogP contribution in [0.25, 0.3) is 0 Å². The molecule has 0 amide bonds. The van der Waals surface area contributed by atoms with Gasteiger partial charge in [-0.05, 0) is 18.8 Å². The molecule has 0 aromatic carbocycles. The molecule has 2 N–H and O–H groups in total. The van der Waals surface area contributed by atoms with E-state index in [0.717, 1.165) is 38.8 Å². The number of morpholine rings is 1. The Kier molecular flexibility index (Phi) is 6.61. The molecule has 2 aliphatic heterocycles. The zero-order valence-electron chi connectivity index (χ0n) is 9.77. The summed E-state index contributed by atoms with van der Waals surface area (Å²) in [6.45, 7) is 6.63. The topological polar surface area (TPSA) is 47.7 Å². The van der Waals surface area contributed by atoms with Gasteiger partial charge in [0, 0.05) is 39.4 Å². The van der Waals surface area contributed by atoms with Gasteiger partial charge in [0.15, 0.2) is 0 Å². The van der Waals surface area contributed by atoms with Crippen LogP contribution in [-0.4, -0.2) is 57.0 Å². The molecule has 0 spiro atoms. The molecule has 2 aliphatic rings. The van der Waals surface area contributed by atoms with Crippen molar-refractivity contribution >= 4 is 12.4 Å². The van der Waals surface area contributed by atoms with Gasteiger partial charge in [-0.1, -0.05) is 0 Å². The number of rotatable bonds is 3. The molecule has 0 aromatic heterocycles. The van der Waals surface area contributed by atoms with Crippen LogP contribution in [0.4, 0.5) is 0 Å². The molecule has 0 saturated carbocycles. The third-order valence-corrected chi connectivity index (χ3v) is 3.34. The fourth-order valence-corrected chi connectivity index (χ4v) is 2.38. The zero-order chi connectivity index (χ0) is 10.5. The highest BCUT2D eigenvalue weighted by Gasteiger charge is 2.23. The Morgan fingerprint density at radius 3 is 2.62 bits per heavy atom. The molecular formula is C11H23ClN2O2. The lowest BCUT2D eigenvalue weighted by Gasteiger charge is -2.35. The predicted octanol–water partition coefficient (Wildman–Crippen LogP) is 0.494. The summed E-state index contributed by atoms with van der Waals surface area (Å²) in [4.78, 5) is 2.50. The maximum atomic E-state index is 5.63. The van der Waals surface area contributed by atoms with Crippen LogP contribution in [-0.2, 0) is 9.47 Å². The summed E-state index contributed by atoms with van der Waals surface area (Å²) < 4.78 is 10.9. The molecule has 2 rings (SSSR count). The lowest BCUT2D eigenvalue weighted by Crippen LogP contribution is -2.47. The Labute approximate surface area is 104 Å². The second kappa shape index (κ2) is 7.45. The first-order chi connectivity index (χ1) is 7.38. The predicted molar refractivity (Wildman–Crippen MR) is 66.0 cm³/mol. The van der Waals surface area contributed by atoms with Crippen molar-refractivity contribution in [3.63, 3.8) is 0 Å². The van der Waals surface area contributed by atoms with Gasteiger partial charge in [-0.25, -0.2) is 0 Å². The lowest BCUT2D eigenvalue weighted by atomic mass is 9.99. The van der Waals surface area contributed by atoms with Crippen molar-refractivity contribution in [3.05, 3.63) is 0 Å². The summed E-state index contributed by atoms with van der Waals surface area (Å²) in [6, 6.07) is 0. The molecule has 1 atom stereocenters. The number of hydrogen-bond donors (Lipinski definition) is 1. The van der Waals surface area contributed by atoms with Crippen LogP contribution in [0, 0.1) is 5.92 Å². The summed E-state index contributed by atoms with van der Waals surface area (Å²) in [7, 11) is 0. The molecule has 1 unspecified atom stereocenters. The first kappa shape index (κ1) is 14.2. The van der Waals surface area contributed by atoms with Gasteiger partial charge in [0.25, 0.3) is 0 Å². The van der Waals surface area contributed by atoms with Gasteiger partial charge in [-0.3, -0.25) is 4.90 Å². The average Bonchev–Trinajstić information content (AvgIpc) is 2.31. The van der Waals surface area contributed by atoms with Crippen LogP contribution in [0.5, 0.6) is 0 Å². The van der Waals surface area contributed by atoms with Crippen molar-refractivity contribution in [3.8, 4) is 0 Å². The van der Waals surface area contributed by atoms with E-state index in [4.69, 9.17) is 15.2 Å². The Morgan fingerprint density at radius 2 is 1.94 bits per heavy atom. The van der Waals surface area contributed by atoms with Crippen LogP contribution in [0.3, 0.4) is 0 Å². The Bertz CT molecular complexity index is 189. The van der Waals surface area contributed by atoms with Crippen molar-refractivity contribution in [2.75, 3.05) is 46.0 Å². The molecule has 4 nitrogen and oxygen atoms in total. The summed E-state index contributed by atoms with van der Waals surface area (Å²) in [5.74, 6) is 0.815.